The van der Waals surface area contributed by atoms with E-state index in [-0.39, 0.29) is 5.91 Å². The highest BCUT2D eigenvalue weighted by Crippen LogP contribution is 2.61. The monoisotopic (exact) mass is 370 g/mol. The summed E-state index contributed by atoms with van der Waals surface area (Å²) in [7, 11) is 0. The molecule has 1 aromatic rings. The van der Waals surface area contributed by atoms with Crippen LogP contribution in [-0.4, -0.2) is 28.5 Å². The first-order chi connectivity index (χ1) is 12.9. The van der Waals surface area contributed by atoms with Crippen LogP contribution in [0.4, 0.5) is 5.95 Å². The molecule has 4 fully saturated rings. The van der Waals surface area contributed by atoms with Crippen LogP contribution in [0.1, 0.15) is 69.7 Å². The van der Waals surface area contributed by atoms with Crippen LogP contribution in [0.2, 0.25) is 0 Å². The van der Waals surface area contributed by atoms with Crippen molar-refractivity contribution in [2.45, 2.75) is 78.2 Å². The SMILES string of the molecule is Cc1cc(C)nc(NCCCC(=O)NC(C)C23CC4CC(CC(C4)C2)C3)n1. The van der Waals surface area contributed by atoms with Gasteiger partial charge in [0.15, 0.2) is 0 Å². The molecule has 4 bridgehead atoms. The fourth-order valence-corrected chi connectivity index (χ4v) is 6.43. The molecule has 4 saturated carbocycles. The van der Waals surface area contributed by atoms with Gasteiger partial charge in [-0.05, 0) is 95.0 Å². The second-order valence-electron chi connectivity index (χ2n) is 9.57. The molecule has 4 aliphatic carbocycles. The minimum Gasteiger partial charge on any atom is -0.354 e. The summed E-state index contributed by atoms with van der Waals surface area (Å²) in [6.45, 7) is 6.92. The molecule has 0 aliphatic heterocycles. The van der Waals surface area contributed by atoms with Gasteiger partial charge in [-0.2, -0.15) is 0 Å². The largest absolute Gasteiger partial charge is 0.354 e. The topological polar surface area (TPSA) is 66.9 Å². The van der Waals surface area contributed by atoms with Crippen molar-refractivity contribution >= 4 is 11.9 Å². The third kappa shape index (κ3) is 4.12. The lowest BCUT2D eigenvalue weighted by Crippen LogP contribution is -2.55. The van der Waals surface area contributed by atoms with E-state index < -0.39 is 0 Å². The molecule has 0 aromatic carbocycles. The van der Waals surface area contributed by atoms with Gasteiger partial charge in [-0.25, -0.2) is 9.97 Å². The lowest BCUT2D eigenvalue weighted by molar-refractivity contribution is -0.125. The molecule has 1 aromatic heterocycles. The molecule has 1 heterocycles. The highest BCUT2D eigenvalue weighted by atomic mass is 16.1. The molecule has 2 N–H and O–H groups in total. The Balaban J connectivity index is 1.22. The van der Waals surface area contributed by atoms with Crippen molar-refractivity contribution in [2.24, 2.45) is 23.2 Å². The lowest BCUT2D eigenvalue weighted by atomic mass is 9.48. The van der Waals surface area contributed by atoms with Crippen LogP contribution in [0.25, 0.3) is 0 Å². The summed E-state index contributed by atoms with van der Waals surface area (Å²) >= 11 is 0. The van der Waals surface area contributed by atoms with Crippen molar-refractivity contribution in [3.8, 4) is 0 Å². The van der Waals surface area contributed by atoms with Gasteiger partial charge in [0.25, 0.3) is 0 Å². The van der Waals surface area contributed by atoms with E-state index in [0.717, 1.165) is 42.1 Å². The number of rotatable bonds is 7. The summed E-state index contributed by atoms with van der Waals surface area (Å²) in [5.41, 5.74) is 2.31. The summed E-state index contributed by atoms with van der Waals surface area (Å²) in [5.74, 6) is 3.64. The van der Waals surface area contributed by atoms with Gasteiger partial charge < -0.3 is 10.6 Å². The van der Waals surface area contributed by atoms with Crippen LogP contribution < -0.4 is 10.6 Å². The van der Waals surface area contributed by atoms with E-state index in [2.05, 4.69) is 27.5 Å². The Morgan fingerprint density at radius 2 is 1.67 bits per heavy atom. The van der Waals surface area contributed by atoms with Crippen LogP contribution in [0.3, 0.4) is 0 Å². The summed E-state index contributed by atoms with van der Waals surface area (Å²) in [4.78, 5) is 21.3. The van der Waals surface area contributed by atoms with Gasteiger partial charge in [-0.15, -0.1) is 0 Å². The third-order valence-electron chi connectivity index (χ3n) is 7.23. The molecule has 5 nitrogen and oxygen atoms in total. The molecule has 148 valence electrons. The maximum atomic E-state index is 12.5. The molecule has 0 spiro atoms. The minimum absolute atomic E-state index is 0.196. The van der Waals surface area contributed by atoms with Crippen molar-refractivity contribution in [1.82, 2.24) is 15.3 Å². The van der Waals surface area contributed by atoms with Gasteiger partial charge in [-0.3, -0.25) is 4.79 Å². The van der Waals surface area contributed by atoms with Crippen molar-refractivity contribution < 1.29 is 4.79 Å². The van der Waals surface area contributed by atoms with Gasteiger partial charge in [0.2, 0.25) is 11.9 Å². The zero-order valence-electron chi connectivity index (χ0n) is 17.1. The quantitative estimate of drug-likeness (QED) is 0.712. The molecule has 0 saturated heterocycles. The summed E-state index contributed by atoms with van der Waals surface area (Å²) in [5, 5.41) is 6.60. The Morgan fingerprint density at radius 1 is 1.11 bits per heavy atom. The zero-order valence-corrected chi connectivity index (χ0v) is 17.1. The standard InChI is InChI=1S/C22H34N4O/c1-14-7-15(2)25-21(24-14)23-6-4-5-20(27)26-16(3)22-11-17-8-18(12-22)10-19(9-17)13-22/h7,16-19H,4-6,8-13H2,1-3H3,(H,26,27)(H,23,24,25). The fraction of sp³-hybridized carbons (Fsp3) is 0.773. The lowest BCUT2D eigenvalue weighted by Gasteiger charge is -2.59. The van der Waals surface area contributed by atoms with Crippen molar-refractivity contribution in [3.63, 3.8) is 0 Å². The number of nitrogens with one attached hydrogen (secondary N) is 2. The highest BCUT2D eigenvalue weighted by molar-refractivity contribution is 5.76. The number of hydrogen-bond donors (Lipinski definition) is 2. The molecule has 5 rings (SSSR count). The molecule has 4 aliphatic rings. The molecular formula is C22H34N4O. The van der Waals surface area contributed by atoms with E-state index in [1.807, 2.05) is 19.9 Å². The summed E-state index contributed by atoms with van der Waals surface area (Å²) < 4.78 is 0. The predicted molar refractivity (Wildman–Crippen MR) is 107 cm³/mol. The Kier molecular flexibility index (Phi) is 5.13. The highest BCUT2D eigenvalue weighted by Gasteiger charge is 2.53. The second kappa shape index (κ2) is 7.40. The molecule has 27 heavy (non-hydrogen) atoms. The van der Waals surface area contributed by atoms with Gasteiger partial charge in [0.1, 0.15) is 0 Å². The molecule has 1 unspecified atom stereocenters. The van der Waals surface area contributed by atoms with Gasteiger partial charge >= 0.3 is 0 Å². The minimum atomic E-state index is 0.196. The normalized spacial score (nSPS) is 32.3. The fourth-order valence-electron chi connectivity index (χ4n) is 6.43. The first-order valence-electron chi connectivity index (χ1n) is 10.8. The molecule has 0 radical (unpaired) electrons. The summed E-state index contributed by atoms with van der Waals surface area (Å²) in [6, 6.07) is 2.28. The first kappa shape index (κ1) is 18.7. The molecule has 5 heteroatoms. The van der Waals surface area contributed by atoms with E-state index in [1.54, 1.807) is 0 Å². The van der Waals surface area contributed by atoms with E-state index in [9.17, 15) is 4.79 Å². The number of carbonyl (C=O) groups is 1. The van der Waals surface area contributed by atoms with Gasteiger partial charge in [0.05, 0.1) is 0 Å². The Bertz CT molecular complexity index is 646. The Morgan fingerprint density at radius 3 is 2.22 bits per heavy atom. The number of aryl methyl sites for hydroxylation is 2. The average Bonchev–Trinajstić information content (AvgIpc) is 2.56. The molecule has 1 amide bonds. The second-order valence-corrected chi connectivity index (χ2v) is 9.57. The average molecular weight is 371 g/mol. The Hall–Kier alpha value is -1.65. The third-order valence-corrected chi connectivity index (χ3v) is 7.23. The zero-order chi connectivity index (χ0) is 19.0. The number of carbonyl (C=O) groups excluding carboxylic acids is 1. The van der Waals surface area contributed by atoms with E-state index in [1.165, 1.54) is 38.5 Å². The van der Waals surface area contributed by atoms with Gasteiger partial charge in [0, 0.05) is 30.4 Å². The van der Waals surface area contributed by atoms with Gasteiger partial charge in [-0.1, -0.05) is 0 Å². The van der Waals surface area contributed by atoms with Crippen molar-refractivity contribution in [2.75, 3.05) is 11.9 Å². The van der Waals surface area contributed by atoms with Crippen LogP contribution in [0.5, 0.6) is 0 Å². The maximum Gasteiger partial charge on any atom is 0.223 e. The molecule has 1 atom stereocenters. The first-order valence-corrected chi connectivity index (χ1v) is 10.8. The number of anilines is 1. The van der Waals surface area contributed by atoms with Crippen molar-refractivity contribution in [1.29, 1.82) is 0 Å². The smallest absolute Gasteiger partial charge is 0.223 e. The van der Waals surface area contributed by atoms with Crippen molar-refractivity contribution in [3.05, 3.63) is 17.5 Å². The number of amides is 1. The van der Waals surface area contributed by atoms with Crippen LogP contribution in [0, 0.1) is 37.0 Å². The predicted octanol–water partition coefficient (Wildman–Crippen LogP) is 4.01. The number of hydrogen-bond acceptors (Lipinski definition) is 4. The van der Waals surface area contributed by atoms with Crippen LogP contribution in [-0.2, 0) is 4.79 Å². The number of nitrogens with zero attached hydrogens (tertiary/aromatic N) is 2. The van der Waals surface area contributed by atoms with E-state index in [4.69, 9.17) is 0 Å². The van der Waals surface area contributed by atoms with E-state index in [0.29, 0.717) is 23.8 Å². The number of aromatic nitrogens is 2. The summed E-state index contributed by atoms with van der Waals surface area (Å²) in [6.07, 6.45) is 9.73. The van der Waals surface area contributed by atoms with Crippen LogP contribution >= 0.6 is 0 Å². The Labute approximate surface area is 163 Å². The molecular weight excluding hydrogens is 336 g/mol. The van der Waals surface area contributed by atoms with Crippen LogP contribution in [0.15, 0.2) is 6.07 Å². The maximum absolute atomic E-state index is 12.5. The van der Waals surface area contributed by atoms with E-state index >= 15 is 0 Å².